The fourth-order valence-electron chi connectivity index (χ4n) is 2.83. The number of nitrogens with zero attached hydrogens (tertiary/aromatic N) is 3. The number of hydrogen-bond acceptors (Lipinski definition) is 7. The first kappa shape index (κ1) is 18.6. The van der Waals surface area contributed by atoms with Crippen molar-refractivity contribution in [2.75, 3.05) is 18.2 Å². The molecule has 0 bridgehead atoms. The standard InChI is InChI=1S/C19H19N5O2S2/c1-26-14-9-7-13(8-10-14)20-17-22-23-19(28-17)27-12-4-11-24-16-6-3-2-5-15(16)21-18(24)25/h2-3,5-10H,4,11-12H2,1H3,(H,20,22)(H,21,25). The van der Waals surface area contributed by atoms with Crippen LogP contribution in [0.1, 0.15) is 6.42 Å². The van der Waals surface area contributed by atoms with E-state index in [-0.39, 0.29) is 5.69 Å². The molecule has 0 saturated heterocycles. The number of rotatable bonds is 8. The van der Waals surface area contributed by atoms with E-state index in [4.69, 9.17) is 4.74 Å². The molecule has 4 aromatic rings. The van der Waals surface area contributed by atoms with Crippen LogP contribution in [0.3, 0.4) is 0 Å². The molecule has 144 valence electrons. The van der Waals surface area contributed by atoms with E-state index < -0.39 is 0 Å². The van der Waals surface area contributed by atoms with Crippen LogP contribution in [0.2, 0.25) is 0 Å². The number of methoxy groups -OCH3 is 1. The van der Waals surface area contributed by atoms with Crippen molar-refractivity contribution in [2.45, 2.75) is 17.3 Å². The smallest absolute Gasteiger partial charge is 0.326 e. The maximum Gasteiger partial charge on any atom is 0.326 e. The lowest BCUT2D eigenvalue weighted by molar-refractivity contribution is 0.415. The minimum absolute atomic E-state index is 0.0620. The lowest BCUT2D eigenvalue weighted by Crippen LogP contribution is -2.17. The molecule has 0 saturated carbocycles. The van der Waals surface area contributed by atoms with Gasteiger partial charge in [0.1, 0.15) is 5.75 Å². The van der Waals surface area contributed by atoms with Crippen molar-refractivity contribution in [1.29, 1.82) is 0 Å². The zero-order chi connectivity index (χ0) is 19.3. The molecule has 2 aromatic carbocycles. The molecule has 0 fully saturated rings. The molecule has 0 radical (unpaired) electrons. The number of hydrogen-bond donors (Lipinski definition) is 2. The zero-order valence-corrected chi connectivity index (χ0v) is 16.8. The highest BCUT2D eigenvalue weighted by molar-refractivity contribution is 8.01. The number of fused-ring (bicyclic) bond motifs is 1. The van der Waals surface area contributed by atoms with Gasteiger partial charge in [-0.2, -0.15) is 0 Å². The quantitative estimate of drug-likeness (QED) is 0.334. The van der Waals surface area contributed by atoms with Crippen molar-refractivity contribution in [2.24, 2.45) is 0 Å². The lowest BCUT2D eigenvalue weighted by Gasteiger charge is -2.03. The molecule has 2 heterocycles. The second-order valence-electron chi connectivity index (χ2n) is 6.03. The van der Waals surface area contributed by atoms with Crippen molar-refractivity contribution < 1.29 is 4.74 Å². The van der Waals surface area contributed by atoms with E-state index >= 15 is 0 Å². The number of imidazole rings is 1. The first-order valence-corrected chi connectivity index (χ1v) is 10.6. The molecule has 2 N–H and O–H groups in total. The molecule has 0 aliphatic heterocycles. The van der Waals surface area contributed by atoms with Crippen molar-refractivity contribution in [3.05, 3.63) is 59.0 Å². The van der Waals surface area contributed by atoms with Crippen LogP contribution in [0.5, 0.6) is 5.75 Å². The second-order valence-corrected chi connectivity index (χ2v) is 8.35. The van der Waals surface area contributed by atoms with Crippen LogP contribution in [-0.2, 0) is 6.54 Å². The second kappa shape index (κ2) is 8.49. The summed E-state index contributed by atoms with van der Waals surface area (Å²) in [5, 5.41) is 12.4. The Morgan fingerprint density at radius 3 is 2.82 bits per heavy atom. The molecule has 28 heavy (non-hydrogen) atoms. The van der Waals surface area contributed by atoms with Crippen LogP contribution in [-0.4, -0.2) is 32.6 Å². The number of thioether (sulfide) groups is 1. The van der Waals surface area contributed by atoms with Gasteiger partial charge in [0.2, 0.25) is 5.13 Å². The van der Waals surface area contributed by atoms with E-state index in [1.165, 1.54) is 11.3 Å². The molecule has 0 aliphatic rings. The minimum atomic E-state index is -0.0620. The summed E-state index contributed by atoms with van der Waals surface area (Å²) < 4.78 is 7.85. The molecule has 0 spiro atoms. The number of H-pyrrole nitrogens is 1. The van der Waals surface area contributed by atoms with Crippen LogP contribution >= 0.6 is 23.1 Å². The van der Waals surface area contributed by atoms with Gasteiger partial charge in [-0.3, -0.25) is 4.57 Å². The maximum atomic E-state index is 12.1. The van der Waals surface area contributed by atoms with Crippen molar-refractivity contribution in [3.63, 3.8) is 0 Å². The number of aromatic nitrogens is 4. The van der Waals surface area contributed by atoms with E-state index in [9.17, 15) is 4.79 Å². The van der Waals surface area contributed by atoms with E-state index in [2.05, 4.69) is 20.5 Å². The van der Waals surface area contributed by atoms with Gasteiger partial charge < -0.3 is 15.0 Å². The third-order valence-electron chi connectivity index (χ3n) is 4.18. The van der Waals surface area contributed by atoms with Gasteiger partial charge in [-0.25, -0.2) is 4.79 Å². The van der Waals surface area contributed by atoms with Gasteiger partial charge in [-0.05, 0) is 42.8 Å². The average molecular weight is 414 g/mol. The van der Waals surface area contributed by atoms with Gasteiger partial charge in [0, 0.05) is 18.0 Å². The number of ether oxygens (including phenoxy) is 1. The van der Waals surface area contributed by atoms with Gasteiger partial charge >= 0.3 is 5.69 Å². The van der Waals surface area contributed by atoms with Gasteiger partial charge in [0.05, 0.1) is 18.1 Å². The summed E-state index contributed by atoms with van der Waals surface area (Å²) in [6.45, 7) is 0.672. The summed E-state index contributed by atoms with van der Waals surface area (Å²) in [4.78, 5) is 15.0. The molecule has 0 unspecified atom stereocenters. The number of para-hydroxylation sites is 2. The highest BCUT2D eigenvalue weighted by Gasteiger charge is 2.08. The summed E-state index contributed by atoms with van der Waals surface area (Å²) in [6.07, 6.45) is 0.868. The van der Waals surface area contributed by atoms with Crippen LogP contribution in [0.15, 0.2) is 57.7 Å². The monoisotopic (exact) mass is 413 g/mol. The highest BCUT2D eigenvalue weighted by Crippen LogP contribution is 2.28. The molecular formula is C19H19N5O2S2. The number of aryl methyl sites for hydroxylation is 1. The van der Waals surface area contributed by atoms with Crippen LogP contribution in [0.25, 0.3) is 11.0 Å². The summed E-state index contributed by atoms with van der Waals surface area (Å²) in [7, 11) is 1.64. The lowest BCUT2D eigenvalue weighted by atomic mass is 10.3. The summed E-state index contributed by atoms with van der Waals surface area (Å²) in [6, 6.07) is 15.4. The zero-order valence-electron chi connectivity index (χ0n) is 15.2. The Kier molecular flexibility index (Phi) is 5.63. The fourth-order valence-corrected chi connectivity index (χ4v) is 4.59. The summed E-state index contributed by atoms with van der Waals surface area (Å²) in [5.41, 5.74) is 2.69. The van der Waals surface area contributed by atoms with E-state index in [0.717, 1.165) is 44.1 Å². The molecule has 0 aliphatic carbocycles. The van der Waals surface area contributed by atoms with Crippen LogP contribution < -0.4 is 15.7 Å². The van der Waals surface area contributed by atoms with E-state index in [1.54, 1.807) is 23.4 Å². The summed E-state index contributed by atoms with van der Waals surface area (Å²) >= 11 is 3.17. The SMILES string of the molecule is COc1ccc(Nc2nnc(SCCCn3c(=O)[nH]c4ccccc43)s2)cc1. The first-order chi connectivity index (χ1) is 13.7. The Bertz CT molecular complexity index is 1120. The predicted octanol–water partition coefficient (Wildman–Crippen LogP) is 4.12. The Balaban J connectivity index is 1.29. The van der Waals surface area contributed by atoms with Crippen molar-refractivity contribution >= 4 is 45.0 Å². The normalized spacial score (nSPS) is 11.0. The van der Waals surface area contributed by atoms with Gasteiger partial charge in [0.25, 0.3) is 0 Å². The topological polar surface area (TPSA) is 84.8 Å². The number of nitrogens with one attached hydrogen (secondary N) is 2. The van der Waals surface area contributed by atoms with Crippen molar-refractivity contribution in [3.8, 4) is 5.75 Å². The van der Waals surface area contributed by atoms with Crippen LogP contribution in [0.4, 0.5) is 10.8 Å². The number of aromatic amines is 1. The molecule has 7 nitrogen and oxygen atoms in total. The Labute approximate surface area is 169 Å². The van der Waals surface area contributed by atoms with Crippen LogP contribution in [0, 0.1) is 0 Å². The Morgan fingerprint density at radius 2 is 2.00 bits per heavy atom. The maximum absolute atomic E-state index is 12.1. The Morgan fingerprint density at radius 1 is 1.18 bits per heavy atom. The minimum Gasteiger partial charge on any atom is -0.497 e. The Hall–Kier alpha value is -2.78. The summed E-state index contributed by atoms with van der Waals surface area (Å²) in [5.74, 6) is 1.68. The number of benzene rings is 2. The average Bonchev–Trinajstić information content (AvgIpc) is 3.29. The molecule has 9 heteroatoms. The molecular weight excluding hydrogens is 394 g/mol. The molecule has 2 aromatic heterocycles. The van der Waals surface area contributed by atoms with Gasteiger partial charge in [-0.15, -0.1) is 10.2 Å². The predicted molar refractivity (Wildman–Crippen MR) is 114 cm³/mol. The van der Waals surface area contributed by atoms with E-state index in [0.29, 0.717) is 6.54 Å². The van der Waals surface area contributed by atoms with E-state index in [1.807, 2.05) is 48.5 Å². The largest absolute Gasteiger partial charge is 0.497 e. The third-order valence-corrected chi connectivity index (χ3v) is 6.24. The molecule has 0 amide bonds. The molecule has 0 atom stereocenters. The first-order valence-electron chi connectivity index (χ1n) is 8.78. The van der Waals surface area contributed by atoms with Crippen molar-refractivity contribution in [1.82, 2.24) is 19.7 Å². The fraction of sp³-hybridized carbons (Fsp3) is 0.211. The number of anilines is 2. The molecule has 4 rings (SSSR count). The van der Waals surface area contributed by atoms with Gasteiger partial charge in [0.15, 0.2) is 4.34 Å². The third kappa shape index (κ3) is 4.20. The van der Waals surface area contributed by atoms with Gasteiger partial charge in [-0.1, -0.05) is 35.2 Å². The highest BCUT2D eigenvalue weighted by atomic mass is 32.2.